The van der Waals surface area contributed by atoms with E-state index in [0.717, 1.165) is 5.56 Å². The van der Waals surface area contributed by atoms with Gasteiger partial charge < -0.3 is 5.84 Å². The molecule has 3 heterocycles. The molecular formula is C15H12N6OS2. The van der Waals surface area contributed by atoms with E-state index < -0.39 is 0 Å². The lowest BCUT2D eigenvalue weighted by atomic mass is 10.2. The highest BCUT2D eigenvalue weighted by Crippen LogP contribution is 2.23. The van der Waals surface area contributed by atoms with Crippen LogP contribution in [0.3, 0.4) is 0 Å². The summed E-state index contributed by atoms with van der Waals surface area (Å²) in [5.74, 6) is 7.18. The van der Waals surface area contributed by atoms with Gasteiger partial charge in [-0.15, -0.1) is 21.5 Å². The van der Waals surface area contributed by atoms with Crippen LogP contribution in [0, 0.1) is 0 Å². The van der Waals surface area contributed by atoms with E-state index in [1.165, 1.54) is 38.2 Å². The molecule has 1 aromatic carbocycles. The van der Waals surface area contributed by atoms with Crippen LogP contribution in [0.5, 0.6) is 0 Å². The molecule has 0 aliphatic carbocycles. The van der Waals surface area contributed by atoms with E-state index >= 15 is 0 Å². The van der Waals surface area contributed by atoms with Crippen molar-refractivity contribution in [2.24, 2.45) is 0 Å². The highest BCUT2D eigenvalue weighted by Gasteiger charge is 2.13. The van der Waals surface area contributed by atoms with Crippen molar-refractivity contribution >= 4 is 28.1 Å². The minimum atomic E-state index is -0.0870. The Morgan fingerprint density at radius 1 is 1.21 bits per heavy atom. The van der Waals surface area contributed by atoms with Crippen LogP contribution in [-0.2, 0) is 5.75 Å². The predicted octanol–water partition coefficient (Wildman–Crippen LogP) is 2.02. The molecule has 0 aliphatic rings. The van der Waals surface area contributed by atoms with Crippen LogP contribution in [-0.4, -0.2) is 24.3 Å². The quantitative estimate of drug-likeness (QED) is 0.444. The van der Waals surface area contributed by atoms with Gasteiger partial charge in [0, 0.05) is 29.0 Å². The Morgan fingerprint density at radius 3 is 2.88 bits per heavy atom. The minimum Gasteiger partial charge on any atom is -0.335 e. The Morgan fingerprint density at radius 2 is 2.04 bits per heavy atom. The van der Waals surface area contributed by atoms with Gasteiger partial charge in [-0.1, -0.05) is 42.1 Å². The first-order chi connectivity index (χ1) is 11.7. The fourth-order valence-electron chi connectivity index (χ4n) is 2.26. The largest absolute Gasteiger partial charge is 0.335 e. The van der Waals surface area contributed by atoms with Gasteiger partial charge >= 0.3 is 0 Å². The van der Waals surface area contributed by atoms with Crippen LogP contribution >= 0.6 is 23.1 Å². The van der Waals surface area contributed by atoms with Gasteiger partial charge in [0.25, 0.3) is 5.56 Å². The summed E-state index contributed by atoms with van der Waals surface area (Å²) < 4.78 is 2.98. The van der Waals surface area contributed by atoms with Gasteiger partial charge in [-0.2, -0.15) is 0 Å². The molecule has 0 bridgehead atoms. The van der Waals surface area contributed by atoms with Crippen molar-refractivity contribution in [1.82, 2.24) is 24.3 Å². The normalized spacial score (nSPS) is 11.2. The van der Waals surface area contributed by atoms with Crippen LogP contribution in [0.15, 0.2) is 57.9 Å². The number of nitrogens with zero attached hydrogens (tertiary/aromatic N) is 5. The number of benzene rings is 1. The molecule has 0 aliphatic heterocycles. The third kappa shape index (κ3) is 2.68. The smallest absolute Gasteiger partial charge is 0.258 e. The second-order valence-corrected chi connectivity index (χ2v) is 6.79. The van der Waals surface area contributed by atoms with Crippen molar-refractivity contribution in [3.05, 3.63) is 64.0 Å². The number of thioether (sulfide) groups is 1. The highest BCUT2D eigenvalue weighted by atomic mass is 32.2. The highest BCUT2D eigenvalue weighted by molar-refractivity contribution is 7.98. The van der Waals surface area contributed by atoms with Crippen LogP contribution < -0.4 is 11.4 Å². The molecule has 0 amide bonds. The molecule has 0 saturated carbocycles. The molecule has 120 valence electrons. The van der Waals surface area contributed by atoms with Gasteiger partial charge in [-0.25, -0.2) is 9.66 Å². The number of rotatable bonds is 4. The first-order valence-electron chi connectivity index (χ1n) is 7.07. The summed E-state index contributed by atoms with van der Waals surface area (Å²) in [7, 11) is 0. The van der Waals surface area contributed by atoms with Gasteiger partial charge in [0.05, 0.1) is 5.69 Å². The standard InChI is InChI=1S/C15H12N6OS2/c16-21-13(10-4-2-1-3-5-10)18-19-15(21)24-9-11-8-12(22)20-6-7-23-14(20)17-11/h1-8H,9,16H2. The zero-order valence-corrected chi connectivity index (χ0v) is 14.0. The van der Waals surface area contributed by atoms with E-state index in [1.807, 2.05) is 35.7 Å². The zero-order valence-electron chi connectivity index (χ0n) is 12.4. The molecule has 0 spiro atoms. The molecule has 9 heteroatoms. The van der Waals surface area contributed by atoms with Gasteiger partial charge in [-0.05, 0) is 0 Å². The maximum absolute atomic E-state index is 12.0. The molecule has 3 aromatic heterocycles. The molecule has 0 radical (unpaired) electrons. The molecule has 0 fully saturated rings. The number of nitrogens with two attached hydrogens (primary N) is 1. The fraction of sp³-hybridized carbons (Fsp3) is 0.0667. The Kier molecular flexibility index (Phi) is 3.79. The number of nitrogen functional groups attached to an aromatic ring is 1. The summed E-state index contributed by atoms with van der Waals surface area (Å²) in [4.78, 5) is 17.1. The SMILES string of the molecule is Nn1c(SCc2cc(=O)n3ccsc3n2)nnc1-c1ccccc1. The zero-order chi connectivity index (χ0) is 16.5. The summed E-state index contributed by atoms with van der Waals surface area (Å²) in [6.45, 7) is 0. The lowest BCUT2D eigenvalue weighted by Crippen LogP contribution is -2.13. The third-order valence-electron chi connectivity index (χ3n) is 3.40. The van der Waals surface area contributed by atoms with Crippen molar-refractivity contribution in [2.75, 3.05) is 5.84 Å². The molecule has 2 N–H and O–H groups in total. The first kappa shape index (κ1) is 14.9. The summed E-state index contributed by atoms with van der Waals surface area (Å²) >= 11 is 2.82. The van der Waals surface area contributed by atoms with Crippen molar-refractivity contribution in [3.8, 4) is 11.4 Å². The summed E-state index contributed by atoms with van der Waals surface area (Å²) in [5.41, 5.74) is 1.50. The maximum Gasteiger partial charge on any atom is 0.258 e. The van der Waals surface area contributed by atoms with Gasteiger partial charge in [0.1, 0.15) is 0 Å². The Labute approximate surface area is 144 Å². The number of hydrogen-bond acceptors (Lipinski definition) is 7. The minimum absolute atomic E-state index is 0.0870. The molecular weight excluding hydrogens is 344 g/mol. The van der Waals surface area contributed by atoms with Crippen molar-refractivity contribution in [1.29, 1.82) is 0 Å². The van der Waals surface area contributed by atoms with E-state index in [2.05, 4.69) is 15.2 Å². The predicted molar refractivity (Wildman–Crippen MR) is 94.5 cm³/mol. The van der Waals surface area contributed by atoms with E-state index in [9.17, 15) is 4.79 Å². The van der Waals surface area contributed by atoms with Gasteiger partial charge in [0.2, 0.25) is 5.16 Å². The summed E-state index contributed by atoms with van der Waals surface area (Å²) in [5, 5.41) is 10.7. The average molecular weight is 356 g/mol. The van der Waals surface area contributed by atoms with Crippen LogP contribution in [0.4, 0.5) is 0 Å². The molecule has 24 heavy (non-hydrogen) atoms. The monoisotopic (exact) mass is 356 g/mol. The first-order valence-corrected chi connectivity index (χ1v) is 8.93. The van der Waals surface area contributed by atoms with Crippen molar-refractivity contribution in [2.45, 2.75) is 10.9 Å². The van der Waals surface area contributed by atoms with Crippen LogP contribution in [0.2, 0.25) is 0 Å². The van der Waals surface area contributed by atoms with Gasteiger partial charge in [0.15, 0.2) is 10.8 Å². The number of aromatic nitrogens is 5. The summed E-state index contributed by atoms with van der Waals surface area (Å²) in [6, 6.07) is 11.2. The van der Waals surface area contributed by atoms with Crippen LogP contribution in [0.1, 0.15) is 5.69 Å². The number of thiazole rings is 1. The molecule has 0 atom stereocenters. The van der Waals surface area contributed by atoms with E-state index in [4.69, 9.17) is 5.84 Å². The molecule has 4 rings (SSSR count). The second kappa shape index (κ2) is 6.10. The van der Waals surface area contributed by atoms with E-state index in [0.29, 0.717) is 27.4 Å². The molecule has 7 nitrogen and oxygen atoms in total. The summed E-state index contributed by atoms with van der Waals surface area (Å²) in [6.07, 6.45) is 1.72. The number of hydrogen-bond donors (Lipinski definition) is 1. The maximum atomic E-state index is 12.0. The van der Waals surface area contributed by atoms with E-state index in [-0.39, 0.29) is 5.56 Å². The Bertz CT molecular complexity index is 1050. The average Bonchev–Trinajstić information content (AvgIpc) is 3.21. The van der Waals surface area contributed by atoms with E-state index in [1.54, 1.807) is 6.20 Å². The number of fused-ring (bicyclic) bond motifs is 1. The van der Waals surface area contributed by atoms with Gasteiger partial charge in [-0.3, -0.25) is 9.20 Å². The Balaban J connectivity index is 1.57. The lowest BCUT2D eigenvalue weighted by molar-refractivity contribution is 0.849. The van der Waals surface area contributed by atoms with Crippen molar-refractivity contribution < 1.29 is 0 Å². The Hall–Kier alpha value is -2.65. The molecule has 0 saturated heterocycles. The topological polar surface area (TPSA) is 91.1 Å². The lowest BCUT2D eigenvalue weighted by Gasteiger charge is -2.03. The van der Waals surface area contributed by atoms with Crippen LogP contribution in [0.25, 0.3) is 16.3 Å². The second-order valence-electron chi connectivity index (χ2n) is 4.97. The van der Waals surface area contributed by atoms with Crippen molar-refractivity contribution in [3.63, 3.8) is 0 Å². The third-order valence-corrected chi connectivity index (χ3v) is 5.14. The fourth-order valence-corrected chi connectivity index (χ4v) is 3.75. The molecule has 4 aromatic rings. The molecule has 0 unspecified atom stereocenters.